The number of esters is 1. The van der Waals surface area contributed by atoms with E-state index in [1.807, 2.05) is 0 Å². The molecular weight excluding hydrogens is 268 g/mol. The van der Waals surface area contributed by atoms with Crippen LogP contribution in [0, 0.1) is 10.1 Å². The number of hydrogen-bond donors (Lipinski definition) is 0. The van der Waals surface area contributed by atoms with Gasteiger partial charge < -0.3 is 4.74 Å². The van der Waals surface area contributed by atoms with Crippen molar-refractivity contribution in [2.75, 3.05) is 6.61 Å². The first kappa shape index (κ1) is 14.4. The lowest BCUT2D eigenvalue weighted by atomic mass is 10.3. The maximum absolute atomic E-state index is 13.3. The predicted molar refractivity (Wildman–Crippen MR) is 60.5 cm³/mol. The van der Waals surface area contributed by atoms with Crippen LogP contribution < -0.4 is 0 Å². The van der Waals surface area contributed by atoms with E-state index in [4.69, 9.17) is 0 Å². The number of nitro groups is 1. The summed E-state index contributed by atoms with van der Waals surface area (Å²) in [5.74, 6) is -1.63. The molecule has 0 saturated carbocycles. The molecule has 1 aromatic rings. The molecule has 1 rings (SSSR count). The normalized spacial score (nSPS) is 11.1. The van der Waals surface area contributed by atoms with Crippen LogP contribution in [0.5, 0.6) is 0 Å². The fourth-order valence-electron chi connectivity index (χ4n) is 1.04. The Morgan fingerprint density at radius 1 is 1.44 bits per heavy atom. The van der Waals surface area contributed by atoms with Crippen LogP contribution in [0.1, 0.15) is 6.92 Å². The Hall–Kier alpha value is -1.70. The molecule has 0 radical (unpaired) electrons. The second kappa shape index (κ2) is 5.76. The molecule has 98 valence electrons. The van der Waals surface area contributed by atoms with Gasteiger partial charge in [0.05, 0.1) is 11.5 Å². The van der Waals surface area contributed by atoms with Gasteiger partial charge >= 0.3 is 11.2 Å². The third-order valence-electron chi connectivity index (χ3n) is 1.81. The summed E-state index contributed by atoms with van der Waals surface area (Å²) in [7, 11) is 0. The summed E-state index contributed by atoms with van der Waals surface area (Å²) in [6.45, 7) is 1.28. The van der Waals surface area contributed by atoms with Crippen LogP contribution >= 0.6 is 11.8 Å². The number of alkyl halides is 2. The van der Waals surface area contributed by atoms with Crippen LogP contribution in [-0.2, 0) is 9.53 Å². The summed E-state index contributed by atoms with van der Waals surface area (Å²) in [5.41, 5.74) is -0.209. The summed E-state index contributed by atoms with van der Waals surface area (Å²) in [6, 6.07) is 4.47. The number of carbonyl (C=O) groups excluding carboxylic acids is 1. The van der Waals surface area contributed by atoms with E-state index in [0.717, 1.165) is 24.3 Å². The first-order valence-electron chi connectivity index (χ1n) is 4.85. The van der Waals surface area contributed by atoms with Gasteiger partial charge in [0.1, 0.15) is 0 Å². The number of hydrogen-bond acceptors (Lipinski definition) is 5. The average molecular weight is 277 g/mol. The van der Waals surface area contributed by atoms with Crippen molar-refractivity contribution >= 4 is 23.4 Å². The molecule has 0 unspecified atom stereocenters. The van der Waals surface area contributed by atoms with Crippen molar-refractivity contribution in [1.82, 2.24) is 0 Å². The van der Waals surface area contributed by atoms with Gasteiger partial charge in [-0.2, -0.15) is 8.78 Å². The Labute approximate surface area is 105 Å². The topological polar surface area (TPSA) is 69.4 Å². The van der Waals surface area contributed by atoms with E-state index < -0.39 is 16.1 Å². The highest BCUT2D eigenvalue weighted by Crippen LogP contribution is 2.37. The Balaban J connectivity index is 2.78. The quantitative estimate of drug-likeness (QED) is 0.358. The van der Waals surface area contributed by atoms with E-state index >= 15 is 0 Å². The number of thioether (sulfide) groups is 1. The summed E-state index contributed by atoms with van der Waals surface area (Å²) >= 11 is -0.0161. The van der Waals surface area contributed by atoms with E-state index in [2.05, 4.69) is 4.74 Å². The number of halogens is 2. The first-order valence-corrected chi connectivity index (χ1v) is 5.67. The smallest absolute Gasteiger partial charge is 0.393 e. The number of benzene rings is 1. The number of nitro benzene ring substituents is 1. The monoisotopic (exact) mass is 277 g/mol. The van der Waals surface area contributed by atoms with Crippen molar-refractivity contribution in [1.29, 1.82) is 0 Å². The molecular formula is C10H9F2NO4S. The van der Waals surface area contributed by atoms with Gasteiger partial charge in [-0.3, -0.25) is 10.1 Å². The molecule has 0 aliphatic rings. The standard InChI is InChI=1S/C10H9F2NO4S/c1-2-17-9(14)10(11,12)18-8-5-3-7(4-6-8)13(15)16/h3-6H,2H2,1H3. The van der Waals surface area contributed by atoms with Crippen molar-refractivity contribution in [2.45, 2.75) is 17.1 Å². The highest BCUT2D eigenvalue weighted by Gasteiger charge is 2.42. The van der Waals surface area contributed by atoms with Gasteiger partial charge in [-0.1, -0.05) is 0 Å². The molecule has 18 heavy (non-hydrogen) atoms. The van der Waals surface area contributed by atoms with Crippen molar-refractivity contribution in [2.24, 2.45) is 0 Å². The molecule has 5 nitrogen and oxygen atoms in total. The van der Waals surface area contributed by atoms with Gasteiger partial charge in [-0.25, -0.2) is 4.79 Å². The van der Waals surface area contributed by atoms with Crippen molar-refractivity contribution in [3.63, 3.8) is 0 Å². The van der Waals surface area contributed by atoms with Crippen LogP contribution in [0.3, 0.4) is 0 Å². The molecule has 8 heteroatoms. The average Bonchev–Trinajstić information content (AvgIpc) is 2.29. The molecule has 0 aliphatic carbocycles. The largest absolute Gasteiger partial charge is 0.461 e. The molecule has 0 heterocycles. The minimum absolute atomic E-state index is 0.0161. The van der Waals surface area contributed by atoms with Gasteiger partial charge in [0.2, 0.25) is 0 Å². The number of nitrogens with zero attached hydrogens (tertiary/aromatic N) is 1. The number of rotatable bonds is 5. The van der Waals surface area contributed by atoms with E-state index in [1.165, 1.54) is 6.92 Å². The van der Waals surface area contributed by atoms with Gasteiger partial charge in [0.15, 0.2) is 0 Å². The number of carbonyl (C=O) groups is 1. The van der Waals surface area contributed by atoms with Crippen LogP contribution in [-0.4, -0.2) is 22.8 Å². The Kier molecular flexibility index (Phi) is 4.60. The fraction of sp³-hybridized carbons (Fsp3) is 0.300. The molecule has 0 aliphatic heterocycles. The third-order valence-corrected chi connectivity index (χ3v) is 2.74. The number of ether oxygens (including phenoxy) is 1. The molecule has 0 fully saturated rings. The zero-order valence-corrected chi connectivity index (χ0v) is 10.1. The van der Waals surface area contributed by atoms with Crippen LogP contribution in [0.25, 0.3) is 0 Å². The Bertz CT molecular complexity index is 450. The molecule has 0 saturated heterocycles. The third kappa shape index (κ3) is 3.66. The maximum Gasteiger partial charge on any atom is 0.393 e. The van der Waals surface area contributed by atoms with E-state index in [9.17, 15) is 23.7 Å². The Morgan fingerprint density at radius 3 is 2.44 bits per heavy atom. The van der Waals surface area contributed by atoms with Gasteiger partial charge in [0, 0.05) is 17.0 Å². The SMILES string of the molecule is CCOC(=O)C(F)(F)Sc1ccc([N+](=O)[O-])cc1. The molecule has 0 aromatic heterocycles. The summed E-state index contributed by atoms with van der Waals surface area (Å²) in [5, 5.41) is 6.65. The number of non-ortho nitro benzene ring substituents is 1. The first-order chi connectivity index (χ1) is 8.36. The van der Waals surface area contributed by atoms with Crippen molar-refractivity contribution in [3.05, 3.63) is 34.4 Å². The fourth-order valence-corrected chi connectivity index (χ4v) is 1.75. The minimum atomic E-state index is -3.72. The highest BCUT2D eigenvalue weighted by molar-refractivity contribution is 8.01. The molecule has 0 spiro atoms. The van der Waals surface area contributed by atoms with Crippen molar-refractivity contribution < 1.29 is 23.2 Å². The summed E-state index contributed by atoms with van der Waals surface area (Å²) < 4.78 is 30.8. The lowest BCUT2D eigenvalue weighted by Crippen LogP contribution is -2.26. The summed E-state index contributed by atoms with van der Waals surface area (Å²) in [4.78, 5) is 20.7. The molecule has 0 N–H and O–H groups in total. The minimum Gasteiger partial charge on any atom is -0.461 e. The van der Waals surface area contributed by atoms with Gasteiger partial charge in [0.25, 0.3) is 5.69 Å². The second-order valence-corrected chi connectivity index (χ2v) is 4.28. The lowest BCUT2D eigenvalue weighted by Gasteiger charge is -2.13. The Morgan fingerprint density at radius 2 is 2.00 bits per heavy atom. The van der Waals surface area contributed by atoms with Gasteiger partial charge in [-0.05, 0) is 30.8 Å². The zero-order chi connectivity index (χ0) is 13.8. The zero-order valence-electron chi connectivity index (χ0n) is 9.26. The van der Waals surface area contributed by atoms with Gasteiger partial charge in [-0.15, -0.1) is 0 Å². The van der Waals surface area contributed by atoms with E-state index in [1.54, 1.807) is 0 Å². The predicted octanol–water partition coefficient (Wildman–Crippen LogP) is 2.84. The van der Waals surface area contributed by atoms with E-state index in [-0.39, 0.29) is 29.0 Å². The molecule has 0 atom stereocenters. The second-order valence-electron chi connectivity index (χ2n) is 3.09. The molecule has 1 aromatic carbocycles. The lowest BCUT2D eigenvalue weighted by molar-refractivity contribution is -0.384. The maximum atomic E-state index is 13.3. The van der Waals surface area contributed by atoms with Crippen LogP contribution in [0.4, 0.5) is 14.5 Å². The highest BCUT2D eigenvalue weighted by atomic mass is 32.2. The van der Waals surface area contributed by atoms with E-state index in [0.29, 0.717) is 0 Å². The van der Waals surface area contributed by atoms with Crippen LogP contribution in [0.15, 0.2) is 29.2 Å². The summed E-state index contributed by atoms with van der Waals surface area (Å²) in [6.07, 6.45) is 0. The molecule has 0 bridgehead atoms. The van der Waals surface area contributed by atoms with Crippen molar-refractivity contribution in [3.8, 4) is 0 Å². The molecule has 0 amide bonds. The van der Waals surface area contributed by atoms with Crippen LogP contribution in [0.2, 0.25) is 0 Å².